The number of carbonyl (C=O) groups excluding carboxylic acids is 2. The zero-order chi connectivity index (χ0) is 25.4. The van der Waals surface area contributed by atoms with Crippen molar-refractivity contribution >= 4 is 35.2 Å². The summed E-state index contributed by atoms with van der Waals surface area (Å²) in [5.74, 6) is 0.678. The lowest BCUT2D eigenvalue weighted by Crippen LogP contribution is -2.57. The molecule has 11 atom stereocenters. The van der Waals surface area contributed by atoms with Crippen molar-refractivity contribution in [3.63, 3.8) is 0 Å². The Morgan fingerprint density at radius 3 is 2.61 bits per heavy atom. The minimum Gasteiger partial charge on any atom is -0.380 e. The highest BCUT2D eigenvalue weighted by molar-refractivity contribution is 8.00. The van der Waals surface area contributed by atoms with Gasteiger partial charge in [0.25, 0.3) is 0 Å². The van der Waals surface area contributed by atoms with Gasteiger partial charge in [0.05, 0.1) is 23.6 Å². The number of nitrogens with one attached hydrogen (secondary N) is 5. The van der Waals surface area contributed by atoms with E-state index in [0.717, 1.165) is 45.2 Å². The third-order valence-electron chi connectivity index (χ3n) is 8.96. The molecule has 5 aliphatic heterocycles. The Balaban J connectivity index is 1.16. The molecule has 0 radical (unpaired) electrons. The summed E-state index contributed by atoms with van der Waals surface area (Å²) in [6.45, 7) is 7.19. The fourth-order valence-electron chi connectivity index (χ4n) is 7.00. The van der Waals surface area contributed by atoms with Crippen LogP contribution < -0.4 is 26.6 Å². The van der Waals surface area contributed by atoms with Crippen LogP contribution in [0.4, 0.5) is 0 Å². The van der Waals surface area contributed by atoms with E-state index in [1.165, 1.54) is 0 Å². The minimum atomic E-state index is -0.121. The molecule has 5 rings (SSSR count). The van der Waals surface area contributed by atoms with Crippen LogP contribution in [0, 0.1) is 17.8 Å². The van der Waals surface area contributed by atoms with Crippen molar-refractivity contribution in [3.05, 3.63) is 0 Å². The quantitative estimate of drug-likeness (QED) is 0.254. The number of hydrogen-bond donors (Lipinski definition) is 5. The number of carbonyl (C=O) groups is 2. The first kappa shape index (κ1) is 27.0. The van der Waals surface area contributed by atoms with Crippen LogP contribution in [0.2, 0.25) is 0 Å². The van der Waals surface area contributed by atoms with Crippen LogP contribution in [0.15, 0.2) is 0 Å². The number of likely N-dealkylation sites (tertiary alicyclic amines) is 1. The summed E-state index contributed by atoms with van der Waals surface area (Å²) in [4.78, 5) is 28.6. The maximum atomic E-state index is 13.6. The lowest BCUT2D eigenvalue weighted by atomic mass is 9.70. The van der Waals surface area contributed by atoms with E-state index < -0.39 is 0 Å². The molecule has 0 aromatic rings. The van der Waals surface area contributed by atoms with E-state index in [-0.39, 0.29) is 58.8 Å². The van der Waals surface area contributed by atoms with Crippen molar-refractivity contribution in [3.8, 4) is 0 Å². The average Bonchev–Trinajstić information content (AvgIpc) is 3.42. The Labute approximate surface area is 224 Å². The largest absolute Gasteiger partial charge is 0.380 e. The van der Waals surface area contributed by atoms with Gasteiger partial charge in [-0.05, 0) is 57.8 Å². The second kappa shape index (κ2) is 11.6. The normalized spacial score (nSPS) is 45.3. The molecule has 5 saturated heterocycles. The molecule has 9 nitrogen and oxygen atoms in total. The van der Waals surface area contributed by atoms with Crippen molar-refractivity contribution in [1.29, 1.82) is 0 Å². The Morgan fingerprint density at radius 2 is 1.86 bits per heavy atom. The van der Waals surface area contributed by atoms with Gasteiger partial charge in [-0.2, -0.15) is 0 Å². The van der Waals surface area contributed by atoms with Crippen LogP contribution in [0.25, 0.3) is 0 Å². The SMILES string of the molecule is COC1CNC(Cl)CC1C1CC(C)NCC1C(=O)NC1NC2CN(C(=O)C3CCCC(C)N3)CC2S1. The second-order valence-electron chi connectivity index (χ2n) is 11.5. The number of thioether (sulfide) groups is 1. The summed E-state index contributed by atoms with van der Waals surface area (Å²) in [5, 5.41) is 17.5. The number of halogens is 1. The number of alkyl halides is 1. The molecular weight excluding hydrogens is 500 g/mol. The maximum Gasteiger partial charge on any atom is 0.239 e. The Morgan fingerprint density at radius 1 is 1.03 bits per heavy atom. The van der Waals surface area contributed by atoms with Crippen LogP contribution in [0.3, 0.4) is 0 Å². The molecule has 204 valence electrons. The van der Waals surface area contributed by atoms with E-state index in [2.05, 4.69) is 40.4 Å². The molecule has 0 saturated carbocycles. The number of ether oxygens (including phenoxy) is 1. The van der Waals surface area contributed by atoms with Gasteiger partial charge in [0.15, 0.2) is 0 Å². The van der Waals surface area contributed by atoms with Gasteiger partial charge in [-0.15, -0.1) is 23.4 Å². The van der Waals surface area contributed by atoms with Gasteiger partial charge >= 0.3 is 0 Å². The molecule has 0 spiro atoms. The van der Waals surface area contributed by atoms with Gasteiger partial charge in [-0.25, -0.2) is 0 Å². The van der Waals surface area contributed by atoms with Crippen LogP contribution in [0.1, 0.15) is 46.0 Å². The number of rotatable bonds is 5. The Hall–Kier alpha value is -0.620. The summed E-state index contributed by atoms with van der Waals surface area (Å²) in [5.41, 5.74) is -0.205. The number of amides is 2. The monoisotopic (exact) mass is 542 g/mol. The second-order valence-corrected chi connectivity index (χ2v) is 13.4. The molecule has 0 aromatic heterocycles. The molecule has 0 aromatic carbocycles. The molecule has 11 heteroatoms. The highest BCUT2D eigenvalue weighted by Crippen LogP contribution is 2.38. The van der Waals surface area contributed by atoms with Crippen molar-refractivity contribution in [2.75, 3.05) is 33.3 Å². The molecule has 36 heavy (non-hydrogen) atoms. The summed E-state index contributed by atoms with van der Waals surface area (Å²) in [6.07, 6.45) is 4.98. The predicted octanol–water partition coefficient (Wildman–Crippen LogP) is 0.636. The van der Waals surface area contributed by atoms with E-state index in [4.69, 9.17) is 16.3 Å². The van der Waals surface area contributed by atoms with Gasteiger partial charge in [-0.1, -0.05) is 0 Å². The van der Waals surface area contributed by atoms with Gasteiger partial charge in [0.1, 0.15) is 5.50 Å². The van der Waals surface area contributed by atoms with E-state index in [0.29, 0.717) is 30.4 Å². The van der Waals surface area contributed by atoms with E-state index >= 15 is 0 Å². The fraction of sp³-hybridized carbons (Fsp3) is 0.920. The molecule has 11 unspecified atom stereocenters. The Bertz CT molecular complexity index is 796. The lowest BCUT2D eigenvalue weighted by molar-refractivity contribution is -0.133. The smallest absolute Gasteiger partial charge is 0.239 e. The average molecular weight is 543 g/mol. The predicted molar refractivity (Wildman–Crippen MR) is 143 cm³/mol. The molecule has 0 bridgehead atoms. The van der Waals surface area contributed by atoms with Gasteiger partial charge in [0.2, 0.25) is 11.8 Å². The molecule has 0 aliphatic carbocycles. The topological polar surface area (TPSA) is 107 Å². The number of piperidine rings is 3. The van der Waals surface area contributed by atoms with Crippen LogP contribution in [-0.2, 0) is 14.3 Å². The number of fused-ring (bicyclic) bond motifs is 1. The van der Waals surface area contributed by atoms with Crippen LogP contribution in [-0.4, -0.2) is 96.5 Å². The highest BCUT2D eigenvalue weighted by Gasteiger charge is 2.47. The first-order valence-corrected chi connectivity index (χ1v) is 15.1. The first-order valence-electron chi connectivity index (χ1n) is 13.7. The van der Waals surface area contributed by atoms with Gasteiger partial charge < -0.3 is 25.6 Å². The highest BCUT2D eigenvalue weighted by atomic mass is 35.5. The number of nitrogens with zero attached hydrogens (tertiary/aromatic N) is 1. The molecule has 5 heterocycles. The number of methoxy groups -OCH3 is 1. The first-order chi connectivity index (χ1) is 17.3. The van der Waals surface area contributed by atoms with E-state index in [9.17, 15) is 9.59 Å². The lowest BCUT2D eigenvalue weighted by Gasteiger charge is -2.45. The van der Waals surface area contributed by atoms with Crippen molar-refractivity contribution < 1.29 is 14.3 Å². The van der Waals surface area contributed by atoms with Crippen molar-refractivity contribution in [1.82, 2.24) is 31.5 Å². The van der Waals surface area contributed by atoms with Crippen molar-refractivity contribution in [2.24, 2.45) is 17.8 Å². The molecular formula is C25H43ClN6O3S. The zero-order valence-electron chi connectivity index (χ0n) is 21.7. The third kappa shape index (κ3) is 5.84. The third-order valence-corrected chi connectivity index (χ3v) is 10.6. The summed E-state index contributed by atoms with van der Waals surface area (Å²) < 4.78 is 5.80. The van der Waals surface area contributed by atoms with Crippen molar-refractivity contribution in [2.45, 2.75) is 92.5 Å². The summed E-state index contributed by atoms with van der Waals surface area (Å²) >= 11 is 8.22. The Kier molecular flexibility index (Phi) is 8.72. The van der Waals surface area contributed by atoms with Gasteiger partial charge in [-0.3, -0.25) is 20.2 Å². The number of hydrogen-bond acceptors (Lipinski definition) is 8. The van der Waals surface area contributed by atoms with E-state index in [1.807, 2.05) is 4.90 Å². The standard InChI is InChI=1S/C25H43ClN6O3S/c1-13-5-4-6-18(29-13)24(34)32-11-19-21(12-32)36-25(30-19)31-23(33)17-9-27-14(2)7-15(17)16-8-22(26)28-10-20(16)35-3/h13-22,25,27-30H,4-12H2,1-3H3,(H,31,33). The summed E-state index contributed by atoms with van der Waals surface area (Å²) in [7, 11) is 1.75. The molecule has 5 N–H and O–H groups in total. The van der Waals surface area contributed by atoms with Crippen LogP contribution >= 0.6 is 23.4 Å². The van der Waals surface area contributed by atoms with E-state index in [1.54, 1.807) is 18.9 Å². The molecule has 2 amide bonds. The fourth-order valence-corrected chi connectivity index (χ4v) is 8.70. The molecule has 5 aliphatic rings. The maximum absolute atomic E-state index is 13.6. The van der Waals surface area contributed by atoms with Gasteiger partial charge in [0, 0.05) is 56.7 Å². The summed E-state index contributed by atoms with van der Waals surface area (Å²) in [6, 6.07) is 0.931. The molecule has 5 fully saturated rings. The zero-order valence-corrected chi connectivity index (χ0v) is 23.2. The van der Waals surface area contributed by atoms with Crippen LogP contribution in [0.5, 0.6) is 0 Å². The minimum absolute atomic E-state index is 0.0512.